The summed E-state index contributed by atoms with van der Waals surface area (Å²) in [4.78, 5) is 12.5. The van der Waals surface area contributed by atoms with E-state index in [2.05, 4.69) is 12.1 Å². The van der Waals surface area contributed by atoms with Gasteiger partial charge in [-0.3, -0.25) is 4.79 Å². The molecule has 0 fully saturated rings. The molecular weight excluding hydrogens is 300 g/mol. The van der Waals surface area contributed by atoms with Crippen LogP contribution in [0.15, 0.2) is 36.4 Å². The number of benzene rings is 3. The van der Waals surface area contributed by atoms with E-state index in [-0.39, 0.29) is 5.78 Å². The average Bonchev–Trinajstić information content (AvgIpc) is 2.93. The third kappa shape index (κ3) is 1.61. The first-order valence-corrected chi connectivity index (χ1v) is 8.15. The van der Waals surface area contributed by atoms with Gasteiger partial charge in [0, 0.05) is 12.0 Å². The summed E-state index contributed by atoms with van der Waals surface area (Å²) in [5.74, 6) is 0.185. The number of carbonyl (C=O) groups is 1. The van der Waals surface area contributed by atoms with Crippen molar-refractivity contribution in [1.29, 1.82) is 0 Å². The number of Topliss-reactive ketones (excluding diaryl/α,β-unsaturated/α-hetero) is 1. The molecule has 24 heavy (non-hydrogen) atoms. The van der Waals surface area contributed by atoms with Gasteiger partial charge in [0.05, 0.1) is 0 Å². The number of aliphatic hydroxyl groups is 2. The number of aliphatic hydroxyl groups excluding tert-OH is 2. The molecule has 3 nitrogen and oxygen atoms in total. The lowest BCUT2D eigenvalue weighted by Gasteiger charge is -2.23. The first kappa shape index (κ1) is 13.9. The molecule has 0 saturated heterocycles. The van der Waals surface area contributed by atoms with Gasteiger partial charge in [-0.15, -0.1) is 0 Å². The number of rotatable bonds is 0. The summed E-state index contributed by atoms with van der Waals surface area (Å²) in [7, 11) is 0. The molecule has 0 bridgehead atoms. The smallest absolute Gasteiger partial charge is 0.168 e. The van der Waals surface area contributed by atoms with E-state index < -0.39 is 12.2 Å². The van der Waals surface area contributed by atoms with Crippen LogP contribution >= 0.6 is 0 Å². The second kappa shape index (κ2) is 4.53. The fraction of sp³-hybridized carbons (Fsp3) is 0.190. The van der Waals surface area contributed by atoms with E-state index in [1.807, 2.05) is 31.2 Å². The monoisotopic (exact) mass is 316 g/mol. The summed E-state index contributed by atoms with van der Waals surface area (Å²) in [5.41, 5.74) is 4.64. The van der Waals surface area contributed by atoms with Crippen molar-refractivity contribution in [3.05, 3.63) is 64.2 Å². The third-order valence-corrected chi connectivity index (χ3v) is 5.41. The number of carbonyl (C=O) groups excluding carboxylic acids is 1. The summed E-state index contributed by atoms with van der Waals surface area (Å²) in [6.45, 7) is 1.99. The van der Waals surface area contributed by atoms with Crippen molar-refractivity contribution in [1.82, 2.24) is 0 Å². The van der Waals surface area contributed by atoms with Crippen LogP contribution in [-0.4, -0.2) is 22.1 Å². The number of hydrogen-bond donors (Lipinski definition) is 2. The first-order valence-electron chi connectivity index (χ1n) is 8.15. The molecule has 0 spiro atoms. The largest absolute Gasteiger partial charge is 0.386 e. The SMILES string of the molecule is Cc1ccc2cc3c4c(ccc3c3c2c1C(=O)C3)C(O)[C@H](O)C=C4. The van der Waals surface area contributed by atoms with Crippen LogP contribution < -0.4 is 0 Å². The van der Waals surface area contributed by atoms with Crippen LogP contribution in [0.3, 0.4) is 0 Å². The maximum absolute atomic E-state index is 12.5. The van der Waals surface area contributed by atoms with Gasteiger partial charge in [0.2, 0.25) is 0 Å². The first-order chi connectivity index (χ1) is 11.6. The summed E-state index contributed by atoms with van der Waals surface area (Å²) >= 11 is 0. The van der Waals surface area contributed by atoms with Gasteiger partial charge in [0.15, 0.2) is 5.78 Å². The van der Waals surface area contributed by atoms with Gasteiger partial charge in [0.1, 0.15) is 12.2 Å². The third-order valence-electron chi connectivity index (χ3n) is 5.41. The van der Waals surface area contributed by atoms with Gasteiger partial charge in [-0.25, -0.2) is 0 Å². The molecule has 3 aromatic rings. The van der Waals surface area contributed by atoms with Crippen molar-refractivity contribution in [3.63, 3.8) is 0 Å². The topological polar surface area (TPSA) is 57.5 Å². The van der Waals surface area contributed by atoms with Gasteiger partial charge in [-0.05, 0) is 56.8 Å². The molecule has 2 aliphatic carbocycles. The van der Waals surface area contributed by atoms with Crippen LogP contribution in [0.1, 0.15) is 38.7 Å². The Morgan fingerprint density at radius 1 is 1.08 bits per heavy atom. The minimum absolute atomic E-state index is 0.185. The van der Waals surface area contributed by atoms with E-state index in [0.29, 0.717) is 6.42 Å². The Bertz CT molecular complexity index is 1090. The highest BCUT2D eigenvalue weighted by atomic mass is 16.3. The van der Waals surface area contributed by atoms with Crippen LogP contribution in [0.5, 0.6) is 0 Å². The van der Waals surface area contributed by atoms with E-state index in [1.54, 1.807) is 6.08 Å². The fourth-order valence-electron chi connectivity index (χ4n) is 4.25. The molecule has 3 aromatic carbocycles. The van der Waals surface area contributed by atoms with Gasteiger partial charge in [-0.1, -0.05) is 36.4 Å². The second-order valence-corrected chi connectivity index (χ2v) is 6.77. The molecule has 0 aromatic heterocycles. The zero-order valence-electron chi connectivity index (χ0n) is 13.2. The lowest BCUT2D eigenvalue weighted by atomic mass is 9.86. The summed E-state index contributed by atoms with van der Waals surface area (Å²) in [6, 6.07) is 10.0. The lowest BCUT2D eigenvalue weighted by molar-refractivity contribution is 0.0471. The van der Waals surface area contributed by atoms with Crippen molar-refractivity contribution in [3.8, 4) is 0 Å². The zero-order chi connectivity index (χ0) is 16.6. The lowest BCUT2D eigenvalue weighted by Crippen LogP contribution is -2.19. The Hall–Kier alpha value is -2.49. The van der Waals surface area contributed by atoms with Gasteiger partial charge >= 0.3 is 0 Å². The zero-order valence-corrected chi connectivity index (χ0v) is 13.2. The molecule has 0 aliphatic heterocycles. The molecule has 5 rings (SSSR count). The van der Waals surface area contributed by atoms with Crippen LogP contribution in [0, 0.1) is 6.92 Å². The van der Waals surface area contributed by atoms with Crippen LogP contribution in [0.25, 0.3) is 27.6 Å². The molecular formula is C21H16O3. The Balaban J connectivity index is 1.95. The minimum Gasteiger partial charge on any atom is -0.386 e. The number of ketones is 1. The molecule has 1 unspecified atom stereocenters. The van der Waals surface area contributed by atoms with E-state index in [1.165, 1.54) is 0 Å². The molecule has 2 N–H and O–H groups in total. The maximum Gasteiger partial charge on any atom is 0.168 e. The standard InChI is InChI=1S/C21H16O3/c1-10-2-3-11-8-15-12-6-7-17(22)21(24)14(12)5-4-13(15)16-9-18(23)19(10)20(11)16/h2-8,17,21-22,24H,9H2,1H3/t17-,21?/m1/s1. The van der Waals surface area contributed by atoms with E-state index in [0.717, 1.165) is 49.4 Å². The highest BCUT2D eigenvalue weighted by Crippen LogP contribution is 2.41. The quantitative estimate of drug-likeness (QED) is 0.625. The van der Waals surface area contributed by atoms with Crippen LogP contribution in [0.4, 0.5) is 0 Å². The van der Waals surface area contributed by atoms with Crippen LogP contribution in [-0.2, 0) is 6.42 Å². The Kier molecular flexibility index (Phi) is 2.62. The highest BCUT2D eigenvalue weighted by molar-refractivity contribution is 6.21. The maximum atomic E-state index is 12.5. The number of aryl methyl sites for hydroxylation is 1. The predicted octanol–water partition coefficient (Wildman–Crippen LogP) is 3.46. The minimum atomic E-state index is -0.908. The van der Waals surface area contributed by atoms with E-state index in [4.69, 9.17) is 0 Å². The van der Waals surface area contributed by atoms with Crippen molar-refractivity contribution in [2.75, 3.05) is 0 Å². The molecule has 0 amide bonds. The summed E-state index contributed by atoms with van der Waals surface area (Å²) < 4.78 is 0. The molecule has 2 aliphatic rings. The van der Waals surface area contributed by atoms with E-state index in [9.17, 15) is 15.0 Å². The average molecular weight is 316 g/mol. The number of hydrogen-bond acceptors (Lipinski definition) is 3. The van der Waals surface area contributed by atoms with Gasteiger partial charge in [0.25, 0.3) is 0 Å². The van der Waals surface area contributed by atoms with Gasteiger partial charge < -0.3 is 10.2 Å². The Morgan fingerprint density at radius 2 is 1.92 bits per heavy atom. The fourth-order valence-corrected chi connectivity index (χ4v) is 4.25. The number of fused-ring (bicyclic) bond motifs is 4. The highest BCUT2D eigenvalue weighted by Gasteiger charge is 2.28. The Labute approximate surface area is 138 Å². The van der Waals surface area contributed by atoms with Crippen LogP contribution in [0.2, 0.25) is 0 Å². The summed E-state index contributed by atoms with van der Waals surface area (Å²) in [5, 5.41) is 24.4. The molecule has 118 valence electrons. The second-order valence-electron chi connectivity index (χ2n) is 6.77. The van der Waals surface area contributed by atoms with E-state index >= 15 is 0 Å². The van der Waals surface area contributed by atoms with Crippen molar-refractivity contribution in [2.24, 2.45) is 0 Å². The van der Waals surface area contributed by atoms with Crippen molar-refractivity contribution < 1.29 is 15.0 Å². The Morgan fingerprint density at radius 3 is 2.75 bits per heavy atom. The molecule has 0 saturated carbocycles. The normalized spacial score (nSPS) is 21.7. The van der Waals surface area contributed by atoms with Gasteiger partial charge in [-0.2, -0.15) is 0 Å². The predicted molar refractivity (Wildman–Crippen MR) is 94.2 cm³/mol. The molecule has 2 atom stereocenters. The van der Waals surface area contributed by atoms with Crippen molar-refractivity contribution >= 4 is 33.4 Å². The summed E-state index contributed by atoms with van der Waals surface area (Å²) in [6.07, 6.45) is 2.15. The van der Waals surface area contributed by atoms with Crippen molar-refractivity contribution in [2.45, 2.75) is 25.6 Å². The molecule has 3 heteroatoms. The molecule has 0 radical (unpaired) electrons. The molecule has 0 heterocycles.